The maximum atomic E-state index is 11.2. The van der Waals surface area contributed by atoms with E-state index in [0.29, 0.717) is 0 Å². The molecule has 0 aliphatic carbocycles. The minimum absolute atomic E-state index is 0.216. The molecule has 0 amide bonds. The van der Waals surface area contributed by atoms with Crippen LogP contribution >= 0.6 is 0 Å². The van der Waals surface area contributed by atoms with Crippen LogP contribution in [0.25, 0.3) is 0 Å². The van der Waals surface area contributed by atoms with Crippen LogP contribution in [0.4, 0.5) is 0 Å². The quantitative estimate of drug-likeness (QED) is 0.622. The molecule has 0 aromatic rings. The molecule has 1 heterocycles. The molecule has 0 saturated carbocycles. The number of rotatable bonds is 1. The van der Waals surface area contributed by atoms with Gasteiger partial charge in [0.15, 0.2) is 14.1 Å². The van der Waals surface area contributed by atoms with E-state index >= 15 is 0 Å². The fraction of sp³-hybridized carbons (Fsp3) is 0.600. The van der Waals surface area contributed by atoms with E-state index in [9.17, 15) is 16.8 Å². The average molecular weight is 211 g/mol. The molecular weight excluding hydrogens is 202 g/mol. The standard InChI is InChI=1S/C5H9NO4S2/c1-4-2-3-5(11(4,7)8)12(6,9)10/h3-4H,2H2,1H3,(H2,6,9,10)/t4-/m1/s1. The third kappa shape index (κ3) is 1.39. The monoisotopic (exact) mass is 211 g/mol. The van der Waals surface area contributed by atoms with Gasteiger partial charge in [0, 0.05) is 0 Å². The Balaban J connectivity index is 3.32. The second-order valence-corrected chi connectivity index (χ2v) is 6.78. The van der Waals surface area contributed by atoms with Crippen molar-refractivity contribution in [1.82, 2.24) is 0 Å². The average Bonchev–Trinajstić information content (AvgIpc) is 2.06. The number of sulfonamides is 1. The molecule has 1 rings (SSSR count). The molecule has 0 unspecified atom stereocenters. The zero-order valence-corrected chi connectivity index (χ0v) is 8.02. The van der Waals surface area contributed by atoms with E-state index in [-0.39, 0.29) is 6.42 Å². The Labute approximate surface area is 71.2 Å². The Morgan fingerprint density at radius 2 is 2.08 bits per heavy atom. The van der Waals surface area contributed by atoms with Gasteiger partial charge in [-0.2, -0.15) is 0 Å². The molecule has 2 N–H and O–H groups in total. The summed E-state index contributed by atoms with van der Waals surface area (Å²) in [7, 11) is -7.75. The van der Waals surface area contributed by atoms with Crippen molar-refractivity contribution < 1.29 is 16.8 Å². The summed E-state index contributed by atoms with van der Waals surface area (Å²) >= 11 is 0. The third-order valence-electron chi connectivity index (χ3n) is 1.71. The van der Waals surface area contributed by atoms with Crippen LogP contribution in [-0.4, -0.2) is 22.1 Å². The van der Waals surface area contributed by atoms with Gasteiger partial charge in [-0.3, -0.25) is 0 Å². The fourth-order valence-corrected chi connectivity index (χ4v) is 4.17. The molecule has 5 nitrogen and oxygen atoms in total. The molecule has 7 heteroatoms. The Hall–Kier alpha value is -0.400. The van der Waals surface area contributed by atoms with Crippen LogP contribution in [0.5, 0.6) is 0 Å². The van der Waals surface area contributed by atoms with Gasteiger partial charge in [-0.25, -0.2) is 22.0 Å². The molecule has 1 aliphatic heterocycles. The Bertz CT molecular complexity index is 416. The summed E-state index contributed by atoms with van der Waals surface area (Å²) in [5.74, 6) is 0. The number of sulfone groups is 1. The largest absolute Gasteiger partial charge is 0.248 e. The van der Waals surface area contributed by atoms with E-state index in [2.05, 4.69) is 0 Å². The zero-order valence-electron chi connectivity index (χ0n) is 6.39. The zero-order chi connectivity index (χ0) is 9.57. The fourth-order valence-electron chi connectivity index (χ4n) is 0.981. The molecule has 0 saturated heterocycles. The van der Waals surface area contributed by atoms with Crippen LogP contribution in [0.2, 0.25) is 0 Å². The van der Waals surface area contributed by atoms with Gasteiger partial charge in [0.25, 0.3) is 0 Å². The van der Waals surface area contributed by atoms with Crippen LogP contribution in [0.3, 0.4) is 0 Å². The van der Waals surface area contributed by atoms with Crippen molar-refractivity contribution in [2.24, 2.45) is 5.14 Å². The maximum absolute atomic E-state index is 11.2. The number of hydrogen-bond donors (Lipinski definition) is 1. The molecule has 70 valence electrons. The molecular formula is C5H9NO4S2. The van der Waals surface area contributed by atoms with Gasteiger partial charge in [-0.15, -0.1) is 0 Å². The summed E-state index contributed by atoms with van der Waals surface area (Å²) in [6, 6.07) is 0. The first-order valence-electron chi connectivity index (χ1n) is 3.23. The molecule has 12 heavy (non-hydrogen) atoms. The summed E-state index contributed by atoms with van der Waals surface area (Å²) in [5, 5.41) is 4.03. The highest BCUT2D eigenvalue weighted by atomic mass is 32.3. The number of allylic oxidation sites excluding steroid dienone is 1. The second kappa shape index (κ2) is 2.54. The second-order valence-electron chi connectivity index (χ2n) is 2.66. The predicted molar refractivity (Wildman–Crippen MR) is 44.2 cm³/mol. The Kier molecular flexibility index (Phi) is 2.05. The Morgan fingerprint density at radius 1 is 1.58 bits per heavy atom. The van der Waals surface area contributed by atoms with Crippen LogP contribution in [-0.2, 0) is 19.9 Å². The van der Waals surface area contributed by atoms with Crippen LogP contribution in [0, 0.1) is 0 Å². The number of hydrogen-bond acceptors (Lipinski definition) is 4. The van der Waals surface area contributed by atoms with Gasteiger partial charge in [0.2, 0.25) is 10.0 Å². The van der Waals surface area contributed by atoms with Crippen molar-refractivity contribution >= 4 is 19.9 Å². The summed E-state index contributed by atoms with van der Waals surface area (Å²) < 4.78 is 43.2. The van der Waals surface area contributed by atoms with E-state index in [1.54, 1.807) is 0 Å². The minimum atomic E-state index is -4.07. The molecule has 1 aliphatic rings. The lowest BCUT2D eigenvalue weighted by Crippen LogP contribution is -2.23. The first-order chi connectivity index (χ1) is 5.26. The van der Waals surface area contributed by atoms with Gasteiger partial charge in [-0.1, -0.05) is 6.08 Å². The molecule has 0 aromatic heterocycles. The van der Waals surface area contributed by atoms with E-state index in [0.717, 1.165) is 6.08 Å². The van der Waals surface area contributed by atoms with Gasteiger partial charge in [0.1, 0.15) is 0 Å². The molecule has 0 bridgehead atoms. The highest BCUT2D eigenvalue weighted by molar-refractivity contribution is 8.13. The first-order valence-corrected chi connectivity index (χ1v) is 6.32. The van der Waals surface area contributed by atoms with Crippen molar-refractivity contribution in [1.29, 1.82) is 0 Å². The van der Waals surface area contributed by atoms with E-state index in [4.69, 9.17) is 5.14 Å². The van der Waals surface area contributed by atoms with Crippen LogP contribution < -0.4 is 5.14 Å². The van der Waals surface area contributed by atoms with Gasteiger partial charge >= 0.3 is 0 Å². The smallest absolute Gasteiger partial charge is 0.224 e. The highest BCUT2D eigenvalue weighted by Crippen LogP contribution is 2.27. The van der Waals surface area contributed by atoms with E-state index < -0.39 is 29.3 Å². The summed E-state index contributed by atoms with van der Waals surface area (Å²) in [6.45, 7) is 1.45. The van der Waals surface area contributed by atoms with Crippen LogP contribution in [0.15, 0.2) is 10.3 Å². The lowest BCUT2D eigenvalue weighted by atomic mass is 10.3. The SMILES string of the molecule is C[C@@H]1CC=C(S(N)(=O)=O)S1(=O)=O. The molecule has 0 fully saturated rings. The van der Waals surface area contributed by atoms with Crippen molar-refractivity contribution in [2.45, 2.75) is 18.6 Å². The first kappa shape index (κ1) is 9.69. The van der Waals surface area contributed by atoms with Gasteiger partial charge in [0.05, 0.1) is 5.25 Å². The van der Waals surface area contributed by atoms with Crippen molar-refractivity contribution in [3.8, 4) is 0 Å². The van der Waals surface area contributed by atoms with Gasteiger partial charge in [-0.05, 0) is 13.3 Å². The molecule has 0 aromatic carbocycles. The number of nitrogens with two attached hydrogens (primary N) is 1. The predicted octanol–water partition coefficient (Wildman–Crippen LogP) is -0.677. The molecule has 1 atom stereocenters. The summed E-state index contributed by atoms with van der Waals surface area (Å²) in [5.41, 5.74) is 0. The maximum Gasteiger partial charge on any atom is 0.248 e. The lowest BCUT2D eigenvalue weighted by Gasteiger charge is -2.03. The van der Waals surface area contributed by atoms with Gasteiger partial charge < -0.3 is 0 Å². The molecule has 0 radical (unpaired) electrons. The Morgan fingerprint density at radius 3 is 2.25 bits per heavy atom. The normalized spacial score (nSPS) is 28.5. The third-order valence-corrected chi connectivity index (χ3v) is 5.81. The van der Waals surface area contributed by atoms with Crippen molar-refractivity contribution in [3.05, 3.63) is 10.3 Å². The lowest BCUT2D eigenvalue weighted by molar-refractivity contribution is 0.591. The van der Waals surface area contributed by atoms with Crippen molar-refractivity contribution in [3.63, 3.8) is 0 Å². The van der Waals surface area contributed by atoms with Crippen molar-refractivity contribution in [2.75, 3.05) is 0 Å². The minimum Gasteiger partial charge on any atom is -0.224 e. The van der Waals surface area contributed by atoms with Crippen LogP contribution in [0.1, 0.15) is 13.3 Å². The number of primary sulfonamides is 1. The summed E-state index contributed by atoms with van der Waals surface area (Å²) in [4.78, 5) is 0. The van der Waals surface area contributed by atoms with E-state index in [1.807, 2.05) is 0 Å². The molecule has 0 spiro atoms. The van der Waals surface area contributed by atoms with E-state index in [1.165, 1.54) is 6.92 Å². The highest BCUT2D eigenvalue weighted by Gasteiger charge is 2.37. The topological polar surface area (TPSA) is 94.3 Å². The summed E-state index contributed by atoms with van der Waals surface area (Å²) in [6.07, 6.45) is 1.36.